The van der Waals surface area contributed by atoms with Gasteiger partial charge in [0.15, 0.2) is 0 Å². The van der Waals surface area contributed by atoms with E-state index in [9.17, 15) is 4.79 Å². The number of carbonyl (C=O) groups excluding carboxylic acids is 1. The molecule has 4 nitrogen and oxygen atoms in total. The molecule has 1 saturated heterocycles. The van der Waals surface area contributed by atoms with Crippen molar-refractivity contribution in [2.24, 2.45) is 17.3 Å². The normalized spacial score (nSPS) is 35.4. The molecule has 4 bridgehead atoms. The molecular formula is C26H32N2O2S. The molecule has 0 radical (unpaired) electrons. The van der Waals surface area contributed by atoms with Crippen LogP contribution in [0.3, 0.4) is 0 Å². The minimum atomic E-state index is -0.149. The Balaban J connectivity index is 1.21. The summed E-state index contributed by atoms with van der Waals surface area (Å²) in [4.78, 5) is 17.6. The first-order valence-corrected chi connectivity index (χ1v) is 12.8. The van der Waals surface area contributed by atoms with Crippen LogP contribution in [0.25, 0.3) is 0 Å². The van der Waals surface area contributed by atoms with Gasteiger partial charge in [0.1, 0.15) is 0 Å². The average molecular weight is 437 g/mol. The van der Waals surface area contributed by atoms with E-state index in [4.69, 9.17) is 4.74 Å². The summed E-state index contributed by atoms with van der Waals surface area (Å²) in [6, 6.07) is 15.6. The van der Waals surface area contributed by atoms with Crippen LogP contribution >= 0.6 is 11.3 Å². The molecule has 5 atom stereocenters. The van der Waals surface area contributed by atoms with Crippen LogP contribution in [0.2, 0.25) is 0 Å². The number of amides is 1. The molecule has 5 aliphatic rings. The molecule has 5 heteroatoms. The van der Waals surface area contributed by atoms with Gasteiger partial charge in [-0.05, 0) is 66.4 Å². The number of hydrogen-bond donors (Lipinski definition) is 1. The van der Waals surface area contributed by atoms with E-state index in [1.54, 1.807) is 11.3 Å². The summed E-state index contributed by atoms with van der Waals surface area (Å²) in [6.07, 6.45) is 5.85. The lowest BCUT2D eigenvalue weighted by Crippen LogP contribution is -2.48. The lowest BCUT2D eigenvalue weighted by Gasteiger charge is -2.41. The minimum Gasteiger partial charge on any atom is -0.379 e. The Morgan fingerprint density at radius 3 is 2.74 bits per heavy atom. The van der Waals surface area contributed by atoms with Crippen molar-refractivity contribution in [1.82, 2.24) is 10.2 Å². The average Bonchev–Trinajstić information content (AvgIpc) is 3.48. The number of thiophene rings is 1. The number of ether oxygens (including phenoxy) is 1. The third kappa shape index (κ3) is 3.28. The highest BCUT2D eigenvalue weighted by Crippen LogP contribution is 2.70. The monoisotopic (exact) mass is 436 g/mol. The van der Waals surface area contributed by atoms with E-state index in [2.05, 4.69) is 58.1 Å². The van der Waals surface area contributed by atoms with Gasteiger partial charge in [-0.25, -0.2) is 0 Å². The van der Waals surface area contributed by atoms with Crippen LogP contribution in [0, 0.1) is 17.3 Å². The van der Waals surface area contributed by atoms with E-state index in [1.807, 2.05) is 0 Å². The molecule has 4 aliphatic carbocycles. The van der Waals surface area contributed by atoms with Crippen molar-refractivity contribution in [2.45, 2.75) is 43.6 Å². The first-order valence-electron chi connectivity index (χ1n) is 11.9. The minimum absolute atomic E-state index is 0.149. The largest absolute Gasteiger partial charge is 0.379 e. The highest BCUT2D eigenvalue weighted by atomic mass is 32.1. The van der Waals surface area contributed by atoms with E-state index in [0.29, 0.717) is 24.3 Å². The lowest BCUT2D eigenvalue weighted by atomic mass is 9.63. The quantitative estimate of drug-likeness (QED) is 0.730. The summed E-state index contributed by atoms with van der Waals surface area (Å²) in [7, 11) is 0. The van der Waals surface area contributed by atoms with Crippen molar-refractivity contribution in [1.29, 1.82) is 0 Å². The molecule has 4 saturated carbocycles. The second-order valence-corrected chi connectivity index (χ2v) is 11.3. The van der Waals surface area contributed by atoms with Gasteiger partial charge in [-0.2, -0.15) is 0 Å². The zero-order chi connectivity index (χ0) is 20.9. The number of hydrogen-bond acceptors (Lipinski definition) is 4. The van der Waals surface area contributed by atoms with Gasteiger partial charge in [0.25, 0.3) is 0 Å². The van der Waals surface area contributed by atoms with Crippen molar-refractivity contribution in [2.75, 3.05) is 32.8 Å². The number of carbonyl (C=O) groups is 1. The smallest absolute Gasteiger partial charge is 0.226 e. The molecule has 1 aromatic heterocycles. The van der Waals surface area contributed by atoms with Crippen LogP contribution in [-0.4, -0.2) is 43.7 Å². The Morgan fingerprint density at radius 1 is 1.13 bits per heavy atom. The number of benzene rings is 1. The van der Waals surface area contributed by atoms with Gasteiger partial charge in [0.05, 0.1) is 24.7 Å². The summed E-state index contributed by atoms with van der Waals surface area (Å²) >= 11 is 1.80. The van der Waals surface area contributed by atoms with Crippen molar-refractivity contribution >= 4 is 17.2 Å². The molecule has 5 fully saturated rings. The topological polar surface area (TPSA) is 41.6 Å². The van der Waals surface area contributed by atoms with Crippen LogP contribution in [-0.2, 0) is 14.9 Å². The molecule has 164 valence electrons. The van der Waals surface area contributed by atoms with Gasteiger partial charge in [-0.15, -0.1) is 11.3 Å². The van der Waals surface area contributed by atoms with Crippen molar-refractivity contribution < 1.29 is 9.53 Å². The Bertz CT molecular complexity index is 926. The molecule has 2 aromatic rings. The fourth-order valence-corrected chi connectivity index (χ4v) is 8.39. The maximum atomic E-state index is 13.8. The Hall–Kier alpha value is -1.69. The van der Waals surface area contributed by atoms with E-state index >= 15 is 0 Å². The summed E-state index contributed by atoms with van der Waals surface area (Å²) in [6.45, 7) is 4.14. The van der Waals surface area contributed by atoms with E-state index < -0.39 is 0 Å². The van der Waals surface area contributed by atoms with Crippen LogP contribution in [0.15, 0.2) is 47.8 Å². The van der Waals surface area contributed by atoms with Gasteiger partial charge >= 0.3 is 0 Å². The molecular weight excluding hydrogens is 404 g/mol. The van der Waals surface area contributed by atoms with Crippen LogP contribution in [0.4, 0.5) is 0 Å². The summed E-state index contributed by atoms with van der Waals surface area (Å²) < 4.78 is 5.57. The fraction of sp³-hybridized carbons (Fsp3) is 0.577. The van der Waals surface area contributed by atoms with Gasteiger partial charge in [-0.3, -0.25) is 9.69 Å². The molecule has 1 N–H and O–H groups in total. The third-order valence-electron chi connectivity index (χ3n) is 8.68. The number of morpholine rings is 1. The van der Waals surface area contributed by atoms with E-state index in [0.717, 1.165) is 39.1 Å². The molecule has 1 aromatic carbocycles. The first-order chi connectivity index (χ1) is 15.2. The zero-order valence-electron chi connectivity index (χ0n) is 18.1. The van der Waals surface area contributed by atoms with Crippen LogP contribution < -0.4 is 5.32 Å². The fourth-order valence-electron chi connectivity index (χ4n) is 7.53. The van der Waals surface area contributed by atoms with E-state index in [-0.39, 0.29) is 16.9 Å². The Morgan fingerprint density at radius 2 is 1.97 bits per heavy atom. The van der Waals surface area contributed by atoms with Crippen LogP contribution in [0.5, 0.6) is 0 Å². The maximum Gasteiger partial charge on any atom is 0.226 e. The number of nitrogens with zero attached hydrogens (tertiary/aromatic N) is 1. The van der Waals surface area contributed by atoms with Gasteiger partial charge in [0.2, 0.25) is 5.91 Å². The van der Waals surface area contributed by atoms with Crippen LogP contribution in [0.1, 0.15) is 48.6 Å². The van der Waals surface area contributed by atoms with Crippen molar-refractivity contribution in [3.8, 4) is 0 Å². The number of nitrogens with one attached hydrogen (secondary N) is 1. The summed E-state index contributed by atoms with van der Waals surface area (Å²) in [5.41, 5.74) is 1.54. The molecule has 0 spiro atoms. The number of rotatable bonds is 6. The van der Waals surface area contributed by atoms with Gasteiger partial charge in [-0.1, -0.05) is 36.4 Å². The predicted molar refractivity (Wildman–Crippen MR) is 123 cm³/mol. The second kappa shape index (κ2) is 7.72. The second-order valence-electron chi connectivity index (χ2n) is 10.3. The Labute approximate surface area is 189 Å². The molecule has 1 amide bonds. The standard InChI is InChI=1S/C26H32N2O2S/c29-24(27-17-22(23-7-4-12-31-23)28-8-10-30-11-9-28)26-15-19-13-21(26)16-25(14-19,18-26)20-5-2-1-3-6-20/h1-7,12,19,21-22H,8-11,13-18H2,(H,27,29). The molecule has 31 heavy (non-hydrogen) atoms. The zero-order valence-corrected chi connectivity index (χ0v) is 18.9. The summed E-state index contributed by atoms with van der Waals surface area (Å²) in [5, 5.41) is 5.61. The maximum absolute atomic E-state index is 13.8. The highest BCUT2D eigenvalue weighted by molar-refractivity contribution is 7.10. The van der Waals surface area contributed by atoms with Gasteiger partial charge < -0.3 is 10.1 Å². The third-order valence-corrected chi connectivity index (χ3v) is 9.65. The first kappa shape index (κ1) is 20.0. The van der Waals surface area contributed by atoms with Crippen molar-refractivity contribution in [3.05, 3.63) is 58.3 Å². The molecule has 1 aliphatic heterocycles. The summed E-state index contributed by atoms with van der Waals surface area (Å²) in [5.74, 6) is 1.59. The highest BCUT2D eigenvalue weighted by Gasteiger charge is 2.67. The molecule has 7 rings (SSSR count). The SMILES string of the molecule is O=C(NCC(c1cccs1)N1CCOCC1)C12CC3CC1CC(c1ccccc1)(C3)C2. The van der Waals surface area contributed by atoms with Gasteiger partial charge in [0, 0.05) is 24.5 Å². The molecule has 2 heterocycles. The molecule has 5 unspecified atom stereocenters. The Kier molecular flexibility index (Phi) is 4.97. The van der Waals surface area contributed by atoms with Crippen molar-refractivity contribution in [3.63, 3.8) is 0 Å². The lowest BCUT2D eigenvalue weighted by molar-refractivity contribution is -0.133. The van der Waals surface area contributed by atoms with E-state index in [1.165, 1.54) is 29.7 Å². The predicted octanol–water partition coefficient (Wildman–Crippen LogP) is 4.39.